The van der Waals surface area contributed by atoms with E-state index in [-0.39, 0.29) is 71.2 Å². The summed E-state index contributed by atoms with van der Waals surface area (Å²) in [7, 11) is 0. The van der Waals surface area contributed by atoms with Crippen LogP contribution in [-0.4, -0.2) is 131 Å². The van der Waals surface area contributed by atoms with Crippen molar-refractivity contribution in [1.82, 2.24) is 0 Å². The van der Waals surface area contributed by atoms with E-state index >= 15 is 0 Å². The van der Waals surface area contributed by atoms with Crippen LogP contribution in [0.5, 0.6) is 0 Å². The lowest BCUT2D eigenvalue weighted by Gasteiger charge is -2.18. The number of aliphatic hydroxyl groups excluding tert-OH is 3. The Bertz CT molecular complexity index is 1180. The number of aliphatic hydroxyl groups is 3. The van der Waals surface area contributed by atoms with Crippen molar-refractivity contribution in [3.05, 3.63) is 0 Å². The predicted octanol–water partition coefficient (Wildman–Crippen LogP) is 16.4. The van der Waals surface area contributed by atoms with E-state index in [4.69, 9.17) is 42.6 Å². The quantitative estimate of drug-likeness (QED) is 0.0295. The van der Waals surface area contributed by atoms with Crippen molar-refractivity contribution in [2.24, 2.45) is 0 Å². The van der Waals surface area contributed by atoms with E-state index in [0.29, 0.717) is 19.8 Å². The highest BCUT2D eigenvalue weighted by molar-refractivity contribution is 5.60. The smallest absolute Gasteiger partial charge is 0.434 e. The number of hydrogen-bond acceptors (Lipinski definition) is 15. The molecule has 3 atom stereocenters. The van der Waals surface area contributed by atoms with Crippen LogP contribution in [-0.2, 0) is 42.6 Å². The Balaban J connectivity index is 4.31. The molecule has 15 nitrogen and oxygen atoms in total. The second-order valence-electron chi connectivity index (χ2n) is 21.8. The van der Waals surface area contributed by atoms with E-state index in [9.17, 15) is 29.7 Å². The number of ether oxygens (including phenoxy) is 9. The minimum absolute atomic E-state index is 0.00414. The number of hydrogen-bond donors (Lipinski definition) is 3. The van der Waals surface area contributed by atoms with Crippen LogP contribution in [0, 0.1) is 0 Å². The van der Waals surface area contributed by atoms with Gasteiger partial charge in [-0.25, -0.2) is 14.4 Å². The third-order valence-corrected chi connectivity index (χ3v) is 14.3. The molecule has 0 aromatic rings. The van der Waals surface area contributed by atoms with Gasteiger partial charge >= 0.3 is 18.5 Å². The standard InChI is InChI=1S/C63H122O15/c1-4-7-10-31-40-57(64)43-34-25-19-13-16-22-28-37-46-73-61(67)76-51-49-70-55-60(72-53-54-78-63(69)75-48-39-30-24-18-15-21-27-36-45-59(66)42-33-12-9-6-3)56-71-50-52-77-62(68)74-47-38-29-23-17-14-20-26-35-44-58(65)41-32-11-8-5-2/h57-60,64-66H,4-56H2,1-3H3. The number of unbranched alkanes of at least 4 members (excludes halogenated alkanes) is 30. The van der Waals surface area contributed by atoms with Gasteiger partial charge in [0.2, 0.25) is 0 Å². The van der Waals surface area contributed by atoms with Crippen LogP contribution in [0.25, 0.3) is 0 Å². The van der Waals surface area contributed by atoms with E-state index in [0.717, 1.165) is 161 Å². The molecule has 0 aliphatic rings. The molecule has 3 unspecified atom stereocenters. The van der Waals surface area contributed by atoms with Gasteiger partial charge in [-0.2, -0.15) is 0 Å². The summed E-state index contributed by atoms with van der Waals surface area (Å²) >= 11 is 0. The summed E-state index contributed by atoms with van der Waals surface area (Å²) in [5.41, 5.74) is 0. The van der Waals surface area contributed by atoms with Crippen LogP contribution < -0.4 is 0 Å². The summed E-state index contributed by atoms with van der Waals surface area (Å²) in [5.74, 6) is 0. The molecule has 3 N–H and O–H groups in total. The second kappa shape index (κ2) is 62.2. The Morgan fingerprint density at radius 2 is 0.487 bits per heavy atom. The molecule has 0 amide bonds. The SMILES string of the molecule is CCCCCCC(O)CCCCCCCCCCOC(=O)OCCOCC(COCCOC(=O)OCCCCCCCCCCC(O)CCCCCC)OCCOC(=O)OCCCCCCCCCCC(O)CCCCCC. The molecule has 0 aliphatic carbocycles. The van der Waals surface area contributed by atoms with Gasteiger partial charge in [0, 0.05) is 0 Å². The Kier molecular flexibility index (Phi) is 60.2. The molecule has 0 spiro atoms. The summed E-state index contributed by atoms with van der Waals surface area (Å²) in [6, 6.07) is 0. The molecule has 0 saturated carbocycles. The van der Waals surface area contributed by atoms with Crippen molar-refractivity contribution in [3.8, 4) is 0 Å². The topological polar surface area (TPSA) is 195 Å². The summed E-state index contributed by atoms with van der Waals surface area (Å²) in [4.78, 5) is 36.5. The average molecular weight is 1120 g/mol. The van der Waals surface area contributed by atoms with Crippen molar-refractivity contribution in [1.29, 1.82) is 0 Å². The average Bonchev–Trinajstić information content (AvgIpc) is 3.43. The van der Waals surface area contributed by atoms with Crippen molar-refractivity contribution in [2.45, 2.75) is 315 Å². The van der Waals surface area contributed by atoms with Gasteiger partial charge in [-0.3, -0.25) is 0 Å². The molecule has 464 valence electrons. The zero-order valence-corrected chi connectivity index (χ0v) is 50.5. The van der Waals surface area contributed by atoms with Crippen LogP contribution in [0.1, 0.15) is 290 Å². The molecule has 0 saturated heterocycles. The summed E-state index contributed by atoms with van der Waals surface area (Å²) in [5, 5.41) is 30.4. The first kappa shape index (κ1) is 75.6. The Hall–Kier alpha value is -2.43. The van der Waals surface area contributed by atoms with E-state index in [1.165, 1.54) is 109 Å². The molecule has 0 fully saturated rings. The molecule has 0 bridgehead atoms. The van der Waals surface area contributed by atoms with Crippen LogP contribution >= 0.6 is 0 Å². The van der Waals surface area contributed by atoms with Crippen molar-refractivity contribution in [3.63, 3.8) is 0 Å². The van der Waals surface area contributed by atoms with Gasteiger partial charge in [0.15, 0.2) is 0 Å². The highest BCUT2D eigenvalue weighted by Crippen LogP contribution is 2.17. The van der Waals surface area contributed by atoms with E-state index < -0.39 is 24.6 Å². The summed E-state index contributed by atoms with van der Waals surface area (Å²) in [6.45, 7) is 8.03. The molecule has 0 aliphatic heterocycles. The maximum Gasteiger partial charge on any atom is 0.508 e. The normalized spacial score (nSPS) is 13.0. The van der Waals surface area contributed by atoms with Gasteiger partial charge < -0.3 is 58.0 Å². The van der Waals surface area contributed by atoms with Crippen LogP contribution in [0.3, 0.4) is 0 Å². The van der Waals surface area contributed by atoms with E-state index in [1.54, 1.807) is 0 Å². The molecule has 15 heteroatoms. The van der Waals surface area contributed by atoms with Crippen LogP contribution in [0.2, 0.25) is 0 Å². The van der Waals surface area contributed by atoms with Gasteiger partial charge in [0.25, 0.3) is 0 Å². The highest BCUT2D eigenvalue weighted by atomic mass is 16.7. The zero-order chi connectivity index (χ0) is 56.9. The first-order valence-corrected chi connectivity index (χ1v) is 32.4. The lowest BCUT2D eigenvalue weighted by atomic mass is 10.0. The third kappa shape index (κ3) is 59.7. The summed E-state index contributed by atoms with van der Waals surface area (Å²) < 4.78 is 48.6. The maximum atomic E-state index is 12.2. The largest absolute Gasteiger partial charge is 0.508 e. The number of rotatable bonds is 62. The van der Waals surface area contributed by atoms with E-state index in [1.807, 2.05) is 0 Å². The lowest BCUT2D eigenvalue weighted by Crippen LogP contribution is -2.29. The fourth-order valence-corrected chi connectivity index (χ4v) is 9.35. The van der Waals surface area contributed by atoms with Gasteiger partial charge in [-0.05, 0) is 57.8 Å². The number of carbonyl (C=O) groups is 3. The Labute approximate surface area is 476 Å². The molecular weight excluding hydrogens is 997 g/mol. The minimum Gasteiger partial charge on any atom is -0.434 e. The first-order valence-electron chi connectivity index (χ1n) is 32.4. The lowest BCUT2D eigenvalue weighted by molar-refractivity contribution is -0.0796. The van der Waals surface area contributed by atoms with Gasteiger partial charge in [0.1, 0.15) is 25.9 Å². The first-order chi connectivity index (χ1) is 38.2. The molecule has 0 rings (SSSR count). The van der Waals surface area contributed by atoms with Crippen LogP contribution in [0.15, 0.2) is 0 Å². The molecule has 0 heterocycles. The van der Waals surface area contributed by atoms with Gasteiger partial charge in [-0.15, -0.1) is 0 Å². The van der Waals surface area contributed by atoms with Gasteiger partial charge in [-0.1, -0.05) is 233 Å². The van der Waals surface area contributed by atoms with Crippen LogP contribution in [0.4, 0.5) is 14.4 Å². The number of carbonyl (C=O) groups excluding carboxylic acids is 3. The van der Waals surface area contributed by atoms with Crippen molar-refractivity contribution < 1.29 is 72.3 Å². The Morgan fingerprint density at radius 3 is 0.756 bits per heavy atom. The second-order valence-corrected chi connectivity index (χ2v) is 21.8. The predicted molar refractivity (Wildman–Crippen MR) is 312 cm³/mol. The third-order valence-electron chi connectivity index (χ3n) is 14.3. The van der Waals surface area contributed by atoms with Crippen molar-refractivity contribution >= 4 is 18.5 Å². The zero-order valence-electron chi connectivity index (χ0n) is 50.5. The molecule has 0 aromatic carbocycles. The molecular formula is C63H122O15. The highest BCUT2D eigenvalue weighted by Gasteiger charge is 2.14. The molecule has 0 radical (unpaired) electrons. The van der Waals surface area contributed by atoms with E-state index in [2.05, 4.69) is 20.8 Å². The Morgan fingerprint density at radius 1 is 0.269 bits per heavy atom. The summed E-state index contributed by atoms with van der Waals surface area (Å²) in [6.07, 6.45) is 42.8. The molecule has 78 heavy (non-hydrogen) atoms. The van der Waals surface area contributed by atoms with Gasteiger partial charge in [0.05, 0.1) is 71.2 Å². The minimum atomic E-state index is -0.743. The maximum absolute atomic E-state index is 12.2. The fourth-order valence-electron chi connectivity index (χ4n) is 9.35. The van der Waals surface area contributed by atoms with Crippen molar-refractivity contribution in [2.75, 3.05) is 72.7 Å². The fraction of sp³-hybridized carbons (Fsp3) is 0.952. The molecule has 0 aromatic heterocycles. The monoisotopic (exact) mass is 1120 g/mol.